The number of aliphatic hydroxyl groups excluding tert-OH is 1. The fourth-order valence-electron chi connectivity index (χ4n) is 2.01. The summed E-state index contributed by atoms with van der Waals surface area (Å²) >= 11 is 0. The second-order valence-electron chi connectivity index (χ2n) is 4.86. The number of carbonyl (C=O) groups is 1. The lowest BCUT2D eigenvalue weighted by Crippen LogP contribution is -2.32. The first-order chi connectivity index (χ1) is 10.1. The molecule has 6 heteroatoms. The number of nitrogens with zero attached hydrogens (tertiary/aromatic N) is 2. The molecular weight excluding hydrogens is 268 g/mol. The molecule has 0 aliphatic rings. The predicted molar refractivity (Wildman–Crippen MR) is 81.2 cm³/mol. The Morgan fingerprint density at radius 1 is 1.43 bits per heavy atom. The van der Waals surface area contributed by atoms with Gasteiger partial charge in [0.1, 0.15) is 0 Å². The highest BCUT2D eigenvalue weighted by molar-refractivity contribution is 5.92. The van der Waals surface area contributed by atoms with E-state index in [2.05, 4.69) is 10.4 Å². The molecule has 1 unspecified atom stereocenters. The number of nitrogen functional groups attached to an aromatic ring is 1. The second kappa shape index (κ2) is 6.90. The summed E-state index contributed by atoms with van der Waals surface area (Å²) in [4.78, 5) is 12.0. The highest BCUT2D eigenvalue weighted by atomic mass is 16.3. The number of benzene rings is 1. The molecule has 0 bridgehead atoms. The Labute approximate surface area is 123 Å². The van der Waals surface area contributed by atoms with E-state index in [1.807, 2.05) is 25.1 Å². The Bertz CT molecular complexity index is 609. The van der Waals surface area contributed by atoms with E-state index in [0.29, 0.717) is 17.8 Å². The quantitative estimate of drug-likeness (QED) is 0.699. The zero-order valence-corrected chi connectivity index (χ0v) is 12.0. The summed E-state index contributed by atoms with van der Waals surface area (Å²) in [5.74, 6) is -0.307. The van der Waals surface area contributed by atoms with Crippen molar-refractivity contribution in [2.45, 2.75) is 25.9 Å². The van der Waals surface area contributed by atoms with Gasteiger partial charge in [0.05, 0.1) is 17.5 Å². The maximum Gasteiger partial charge on any atom is 0.271 e. The van der Waals surface area contributed by atoms with Gasteiger partial charge in [0.2, 0.25) is 0 Å². The van der Waals surface area contributed by atoms with Crippen molar-refractivity contribution in [2.24, 2.45) is 0 Å². The third kappa shape index (κ3) is 3.82. The SMILES string of the molecule is CCCC(O)CNC(=O)c1ccn(-c2ccccc2N)n1. The fourth-order valence-corrected chi connectivity index (χ4v) is 2.01. The molecule has 6 nitrogen and oxygen atoms in total. The first-order valence-electron chi connectivity index (χ1n) is 6.98. The third-order valence-corrected chi connectivity index (χ3v) is 3.13. The summed E-state index contributed by atoms with van der Waals surface area (Å²) in [6.07, 6.45) is 2.70. The van der Waals surface area contributed by atoms with E-state index in [1.165, 1.54) is 0 Å². The minimum absolute atomic E-state index is 0.229. The topological polar surface area (TPSA) is 93.2 Å². The normalized spacial score (nSPS) is 12.1. The molecule has 1 atom stereocenters. The van der Waals surface area contributed by atoms with Crippen molar-refractivity contribution >= 4 is 11.6 Å². The first kappa shape index (κ1) is 15.1. The van der Waals surface area contributed by atoms with Crippen molar-refractivity contribution in [3.05, 3.63) is 42.2 Å². The monoisotopic (exact) mass is 288 g/mol. The molecule has 0 spiro atoms. The Morgan fingerprint density at radius 2 is 2.19 bits per heavy atom. The third-order valence-electron chi connectivity index (χ3n) is 3.13. The van der Waals surface area contributed by atoms with Gasteiger partial charge in [-0.25, -0.2) is 4.68 Å². The maximum atomic E-state index is 12.0. The number of rotatable bonds is 6. The van der Waals surface area contributed by atoms with E-state index in [-0.39, 0.29) is 12.5 Å². The van der Waals surface area contributed by atoms with Crippen LogP contribution in [0.4, 0.5) is 5.69 Å². The van der Waals surface area contributed by atoms with Crippen LogP contribution in [0.1, 0.15) is 30.3 Å². The number of amides is 1. The molecule has 1 aromatic carbocycles. The van der Waals surface area contributed by atoms with E-state index in [1.54, 1.807) is 23.0 Å². The molecule has 0 saturated heterocycles. The minimum atomic E-state index is -0.522. The number of hydrogen-bond donors (Lipinski definition) is 3. The van der Waals surface area contributed by atoms with Crippen LogP contribution in [-0.4, -0.2) is 33.4 Å². The molecular formula is C15H20N4O2. The van der Waals surface area contributed by atoms with Crippen LogP contribution < -0.4 is 11.1 Å². The Morgan fingerprint density at radius 3 is 2.90 bits per heavy atom. The number of carbonyl (C=O) groups excluding carboxylic acids is 1. The van der Waals surface area contributed by atoms with Crippen molar-refractivity contribution < 1.29 is 9.90 Å². The zero-order valence-electron chi connectivity index (χ0n) is 12.0. The van der Waals surface area contributed by atoms with Gasteiger partial charge < -0.3 is 16.2 Å². The molecule has 2 rings (SSSR count). The van der Waals surface area contributed by atoms with E-state index in [4.69, 9.17) is 5.73 Å². The fraction of sp³-hybridized carbons (Fsp3) is 0.333. The molecule has 0 radical (unpaired) electrons. The smallest absolute Gasteiger partial charge is 0.271 e. The summed E-state index contributed by atoms with van der Waals surface area (Å²) in [6.45, 7) is 2.21. The van der Waals surface area contributed by atoms with E-state index in [0.717, 1.165) is 12.1 Å². The maximum absolute atomic E-state index is 12.0. The van der Waals surface area contributed by atoms with Crippen LogP contribution in [0.5, 0.6) is 0 Å². The zero-order chi connectivity index (χ0) is 15.2. The highest BCUT2D eigenvalue weighted by Crippen LogP contribution is 2.15. The van der Waals surface area contributed by atoms with Crippen molar-refractivity contribution in [1.29, 1.82) is 0 Å². The number of aromatic nitrogens is 2. The molecule has 0 aliphatic carbocycles. The van der Waals surface area contributed by atoms with Crippen molar-refractivity contribution in [3.8, 4) is 5.69 Å². The molecule has 0 saturated carbocycles. The van der Waals surface area contributed by atoms with Crippen LogP contribution in [0.15, 0.2) is 36.5 Å². The summed E-state index contributed by atoms with van der Waals surface area (Å²) < 4.78 is 1.56. The lowest BCUT2D eigenvalue weighted by Gasteiger charge is -2.09. The molecule has 1 amide bonds. The second-order valence-corrected chi connectivity index (χ2v) is 4.86. The first-order valence-corrected chi connectivity index (χ1v) is 6.98. The highest BCUT2D eigenvalue weighted by Gasteiger charge is 2.12. The number of nitrogens with one attached hydrogen (secondary N) is 1. The van der Waals surface area contributed by atoms with Crippen LogP contribution in [0.25, 0.3) is 5.69 Å². The van der Waals surface area contributed by atoms with Gasteiger partial charge in [0, 0.05) is 12.7 Å². The lowest BCUT2D eigenvalue weighted by atomic mass is 10.2. The molecule has 112 valence electrons. The predicted octanol–water partition coefficient (Wildman–Crippen LogP) is 1.35. The van der Waals surface area contributed by atoms with Crippen molar-refractivity contribution in [1.82, 2.24) is 15.1 Å². The molecule has 0 aliphatic heterocycles. The van der Waals surface area contributed by atoms with Crippen LogP contribution in [0, 0.1) is 0 Å². The number of hydrogen-bond acceptors (Lipinski definition) is 4. The van der Waals surface area contributed by atoms with Crippen LogP contribution in [0.2, 0.25) is 0 Å². The van der Waals surface area contributed by atoms with Gasteiger partial charge in [-0.3, -0.25) is 4.79 Å². The average molecular weight is 288 g/mol. The molecule has 2 aromatic rings. The van der Waals surface area contributed by atoms with Gasteiger partial charge in [-0.05, 0) is 24.6 Å². The Hall–Kier alpha value is -2.34. The standard InChI is InChI=1S/C15H20N4O2/c1-2-5-11(20)10-17-15(21)13-8-9-19(18-13)14-7-4-3-6-12(14)16/h3-4,6-9,11,20H,2,5,10,16H2,1H3,(H,17,21). The number of anilines is 1. The van der Waals surface area contributed by atoms with Gasteiger partial charge in [0.25, 0.3) is 5.91 Å². The molecule has 1 heterocycles. The summed E-state index contributed by atoms with van der Waals surface area (Å²) in [7, 11) is 0. The van der Waals surface area contributed by atoms with E-state index < -0.39 is 6.10 Å². The largest absolute Gasteiger partial charge is 0.397 e. The van der Waals surface area contributed by atoms with Gasteiger partial charge in [-0.15, -0.1) is 0 Å². The van der Waals surface area contributed by atoms with Crippen LogP contribution >= 0.6 is 0 Å². The van der Waals surface area contributed by atoms with Gasteiger partial charge in [0.15, 0.2) is 5.69 Å². The van der Waals surface area contributed by atoms with Crippen LogP contribution in [0.3, 0.4) is 0 Å². The lowest BCUT2D eigenvalue weighted by molar-refractivity contribution is 0.0905. The minimum Gasteiger partial charge on any atom is -0.397 e. The van der Waals surface area contributed by atoms with Crippen molar-refractivity contribution in [2.75, 3.05) is 12.3 Å². The van der Waals surface area contributed by atoms with Crippen LogP contribution in [-0.2, 0) is 0 Å². The molecule has 4 N–H and O–H groups in total. The van der Waals surface area contributed by atoms with E-state index >= 15 is 0 Å². The van der Waals surface area contributed by atoms with Gasteiger partial charge in [-0.2, -0.15) is 5.10 Å². The number of aliphatic hydroxyl groups is 1. The molecule has 1 aromatic heterocycles. The molecule has 21 heavy (non-hydrogen) atoms. The number of para-hydroxylation sites is 2. The Balaban J connectivity index is 2.03. The van der Waals surface area contributed by atoms with Gasteiger partial charge >= 0.3 is 0 Å². The summed E-state index contributed by atoms with van der Waals surface area (Å²) in [6, 6.07) is 8.92. The summed E-state index contributed by atoms with van der Waals surface area (Å²) in [5, 5.41) is 16.5. The van der Waals surface area contributed by atoms with Crippen molar-refractivity contribution in [3.63, 3.8) is 0 Å². The molecule has 0 fully saturated rings. The average Bonchev–Trinajstić information content (AvgIpc) is 2.95. The van der Waals surface area contributed by atoms with Gasteiger partial charge in [-0.1, -0.05) is 25.5 Å². The number of nitrogens with two attached hydrogens (primary N) is 1. The Kier molecular flexibility index (Phi) is 4.94. The van der Waals surface area contributed by atoms with E-state index in [9.17, 15) is 9.90 Å². The summed E-state index contributed by atoms with van der Waals surface area (Å²) in [5.41, 5.74) is 7.48.